The third-order valence-electron chi connectivity index (χ3n) is 2.49. The van der Waals surface area contributed by atoms with Gasteiger partial charge in [0.1, 0.15) is 11.0 Å². The van der Waals surface area contributed by atoms with Crippen LogP contribution in [0.4, 0.5) is 10.1 Å². The number of rotatable bonds is 3. The van der Waals surface area contributed by atoms with Crippen molar-refractivity contribution in [3.8, 4) is 6.07 Å². The lowest BCUT2D eigenvalue weighted by molar-refractivity contribution is 0.598. The van der Waals surface area contributed by atoms with E-state index < -0.39 is 15.8 Å². The molecular formula is C13H8ClFN2O2S. The van der Waals surface area contributed by atoms with Crippen molar-refractivity contribution in [1.29, 1.82) is 5.26 Å². The summed E-state index contributed by atoms with van der Waals surface area (Å²) in [7, 11) is -4.07. The molecule has 0 saturated carbocycles. The van der Waals surface area contributed by atoms with Crippen LogP contribution in [0.15, 0.2) is 47.4 Å². The third kappa shape index (κ3) is 2.74. The summed E-state index contributed by atoms with van der Waals surface area (Å²) in [4.78, 5) is -0.220. The van der Waals surface area contributed by atoms with Gasteiger partial charge in [-0.25, -0.2) is 12.8 Å². The lowest BCUT2D eigenvalue weighted by atomic mass is 10.2. The first-order chi connectivity index (χ1) is 9.45. The summed E-state index contributed by atoms with van der Waals surface area (Å²) in [5, 5.41) is 8.71. The Hall–Kier alpha value is -2.10. The molecule has 102 valence electrons. The first kappa shape index (κ1) is 14.3. The van der Waals surface area contributed by atoms with E-state index in [0.717, 1.165) is 0 Å². The van der Waals surface area contributed by atoms with Gasteiger partial charge >= 0.3 is 0 Å². The van der Waals surface area contributed by atoms with Gasteiger partial charge in [-0.1, -0.05) is 29.8 Å². The van der Waals surface area contributed by atoms with E-state index >= 15 is 0 Å². The van der Waals surface area contributed by atoms with Crippen LogP contribution in [0.5, 0.6) is 0 Å². The highest BCUT2D eigenvalue weighted by atomic mass is 35.5. The number of nitrogens with one attached hydrogen (secondary N) is 1. The highest BCUT2D eigenvalue weighted by Gasteiger charge is 2.20. The summed E-state index contributed by atoms with van der Waals surface area (Å²) in [5.41, 5.74) is -0.298. The zero-order chi connectivity index (χ0) is 14.8. The van der Waals surface area contributed by atoms with E-state index in [-0.39, 0.29) is 21.2 Å². The molecule has 0 heterocycles. The number of sulfonamides is 1. The first-order valence-corrected chi connectivity index (χ1v) is 7.28. The predicted octanol–water partition coefficient (Wildman–Crippen LogP) is 3.15. The number of hydrogen-bond acceptors (Lipinski definition) is 3. The second-order valence-electron chi connectivity index (χ2n) is 3.81. The zero-order valence-corrected chi connectivity index (χ0v) is 11.5. The molecule has 0 aliphatic rings. The van der Waals surface area contributed by atoms with E-state index in [2.05, 4.69) is 4.72 Å². The van der Waals surface area contributed by atoms with Gasteiger partial charge < -0.3 is 0 Å². The van der Waals surface area contributed by atoms with Crippen LogP contribution in [0.2, 0.25) is 5.02 Å². The van der Waals surface area contributed by atoms with Crippen molar-refractivity contribution in [3.63, 3.8) is 0 Å². The van der Waals surface area contributed by atoms with Gasteiger partial charge in [0.25, 0.3) is 10.0 Å². The SMILES string of the molecule is N#Cc1ccccc1S(=O)(=O)Nc1cccc(Cl)c1F. The molecule has 1 N–H and O–H groups in total. The van der Waals surface area contributed by atoms with E-state index in [0.29, 0.717) is 0 Å². The fourth-order valence-electron chi connectivity index (χ4n) is 1.58. The molecule has 0 amide bonds. The average molecular weight is 311 g/mol. The molecule has 2 rings (SSSR count). The molecule has 20 heavy (non-hydrogen) atoms. The summed E-state index contributed by atoms with van der Waals surface area (Å²) in [5.74, 6) is -0.868. The van der Waals surface area contributed by atoms with Crippen molar-refractivity contribution in [3.05, 3.63) is 58.9 Å². The van der Waals surface area contributed by atoms with Crippen LogP contribution in [0.1, 0.15) is 5.56 Å². The fraction of sp³-hybridized carbons (Fsp3) is 0. The molecule has 0 atom stereocenters. The van der Waals surface area contributed by atoms with Gasteiger partial charge in [0.05, 0.1) is 16.3 Å². The second-order valence-corrected chi connectivity index (χ2v) is 5.87. The molecule has 0 radical (unpaired) electrons. The van der Waals surface area contributed by atoms with Crippen LogP contribution in [0, 0.1) is 17.1 Å². The van der Waals surface area contributed by atoms with Crippen LogP contribution >= 0.6 is 11.6 Å². The van der Waals surface area contributed by atoms with Crippen LogP contribution in [0.25, 0.3) is 0 Å². The number of benzene rings is 2. The summed E-state index contributed by atoms with van der Waals surface area (Å²) >= 11 is 5.59. The third-order valence-corrected chi connectivity index (χ3v) is 4.21. The summed E-state index contributed by atoms with van der Waals surface area (Å²) in [6, 6.07) is 11.4. The monoisotopic (exact) mass is 310 g/mol. The standard InChI is InChI=1S/C13H8ClFN2O2S/c14-10-5-3-6-11(13(10)15)17-20(18,19)12-7-2-1-4-9(12)8-16/h1-7,17H. The number of hydrogen-bond donors (Lipinski definition) is 1. The minimum absolute atomic E-state index is 0.0255. The van der Waals surface area contributed by atoms with E-state index in [1.807, 2.05) is 0 Å². The molecule has 0 unspecified atom stereocenters. The van der Waals surface area contributed by atoms with Crippen molar-refractivity contribution < 1.29 is 12.8 Å². The van der Waals surface area contributed by atoms with Gasteiger partial charge in [0.2, 0.25) is 0 Å². The van der Waals surface area contributed by atoms with Gasteiger partial charge in [-0.15, -0.1) is 0 Å². The van der Waals surface area contributed by atoms with Gasteiger partial charge in [-0.05, 0) is 24.3 Å². The fourth-order valence-corrected chi connectivity index (χ4v) is 2.97. The maximum Gasteiger partial charge on any atom is 0.263 e. The Kier molecular flexibility index (Phi) is 3.93. The molecule has 0 saturated heterocycles. The minimum Gasteiger partial charge on any atom is -0.277 e. The van der Waals surface area contributed by atoms with Crippen LogP contribution < -0.4 is 4.72 Å². The molecule has 0 aromatic heterocycles. The number of anilines is 1. The molecule has 0 bridgehead atoms. The van der Waals surface area contributed by atoms with Crippen molar-refractivity contribution in [2.75, 3.05) is 4.72 Å². The maximum absolute atomic E-state index is 13.7. The molecule has 7 heteroatoms. The Bertz CT molecular complexity index is 800. The highest BCUT2D eigenvalue weighted by Crippen LogP contribution is 2.25. The highest BCUT2D eigenvalue weighted by molar-refractivity contribution is 7.92. The normalized spacial score (nSPS) is 10.8. The Morgan fingerprint density at radius 2 is 1.85 bits per heavy atom. The van der Waals surface area contributed by atoms with Gasteiger partial charge in [0.15, 0.2) is 5.82 Å². The minimum atomic E-state index is -4.07. The average Bonchev–Trinajstić information content (AvgIpc) is 2.43. The largest absolute Gasteiger partial charge is 0.277 e. The van der Waals surface area contributed by atoms with Crippen LogP contribution in [0.3, 0.4) is 0 Å². The summed E-state index contributed by atoms with van der Waals surface area (Å²) in [6.07, 6.45) is 0. The van der Waals surface area contributed by atoms with Crippen molar-refractivity contribution in [1.82, 2.24) is 0 Å². The Morgan fingerprint density at radius 1 is 1.15 bits per heavy atom. The van der Waals surface area contributed by atoms with E-state index in [4.69, 9.17) is 16.9 Å². The first-order valence-electron chi connectivity index (χ1n) is 5.41. The summed E-state index contributed by atoms with van der Waals surface area (Å²) in [6.45, 7) is 0. The van der Waals surface area contributed by atoms with Gasteiger partial charge in [-0.3, -0.25) is 4.72 Å². The topological polar surface area (TPSA) is 70.0 Å². The number of nitrogens with zero attached hydrogens (tertiary/aromatic N) is 1. The quantitative estimate of drug-likeness (QED) is 0.946. The predicted molar refractivity (Wildman–Crippen MR) is 73.4 cm³/mol. The molecule has 2 aromatic carbocycles. The lowest BCUT2D eigenvalue weighted by Crippen LogP contribution is -2.15. The zero-order valence-electron chi connectivity index (χ0n) is 9.97. The summed E-state index contributed by atoms with van der Waals surface area (Å²) < 4.78 is 40.1. The van der Waals surface area contributed by atoms with Gasteiger partial charge in [0, 0.05) is 0 Å². The van der Waals surface area contributed by atoms with E-state index in [9.17, 15) is 12.8 Å². The maximum atomic E-state index is 13.7. The molecule has 0 aliphatic heterocycles. The molecular weight excluding hydrogens is 303 g/mol. The number of halogens is 2. The lowest BCUT2D eigenvalue weighted by Gasteiger charge is -2.10. The molecule has 0 spiro atoms. The molecule has 0 fully saturated rings. The van der Waals surface area contributed by atoms with E-state index in [1.165, 1.54) is 42.5 Å². The number of nitriles is 1. The van der Waals surface area contributed by atoms with Crippen molar-refractivity contribution in [2.45, 2.75) is 4.90 Å². The smallest absolute Gasteiger partial charge is 0.263 e. The van der Waals surface area contributed by atoms with Gasteiger partial charge in [-0.2, -0.15) is 5.26 Å². The second kappa shape index (κ2) is 5.49. The van der Waals surface area contributed by atoms with Crippen molar-refractivity contribution >= 4 is 27.3 Å². The Labute approximate surface area is 120 Å². The molecule has 4 nitrogen and oxygen atoms in total. The van der Waals surface area contributed by atoms with Crippen LogP contribution in [-0.4, -0.2) is 8.42 Å². The molecule has 0 aliphatic carbocycles. The molecule has 2 aromatic rings. The van der Waals surface area contributed by atoms with Crippen LogP contribution in [-0.2, 0) is 10.0 Å². The van der Waals surface area contributed by atoms with E-state index in [1.54, 1.807) is 6.07 Å². The Balaban J connectivity index is 2.47. The van der Waals surface area contributed by atoms with Crippen molar-refractivity contribution in [2.24, 2.45) is 0 Å². The Morgan fingerprint density at radius 3 is 2.55 bits per heavy atom.